The quantitative estimate of drug-likeness (QED) is 0.888. The van der Waals surface area contributed by atoms with E-state index in [1.165, 1.54) is 9.75 Å². The zero-order chi connectivity index (χ0) is 15.6. The third-order valence-electron chi connectivity index (χ3n) is 3.36. The lowest BCUT2D eigenvalue weighted by Crippen LogP contribution is -2.29. The van der Waals surface area contributed by atoms with E-state index in [4.69, 9.17) is 10.7 Å². The second-order valence-corrected chi connectivity index (χ2v) is 8.62. The molecule has 0 spiro atoms. The number of nitrogens with two attached hydrogens (primary N) is 1. The standard InChI is InChI=1S/C16H25N3S2/c1-11(2)19(10-12-7-6-8-20-12)15-18-14(16(3,4)5)13(9-17)21-15/h6-8,11H,9-10,17H2,1-5H3. The Morgan fingerprint density at radius 1 is 1.33 bits per heavy atom. The van der Waals surface area contributed by atoms with Crippen molar-refractivity contribution >= 4 is 27.8 Å². The van der Waals surface area contributed by atoms with Gasteiger partial charge in [0.25, 0.3) is 0 Å². The van der Waals surface area contributed by atoms with E-state index in [1.807, 2.05) is 0 Å². The summed E-state index contributed by atoms with van der Waals surface area (Å²) in [5.74, 6) is 0. The van der Waals surface area contributed by atoms with Gasteiger partial charge in [0.2, 0.25) is 0 Å². The largest absolute Gasteiger partial charge is 0.341 e. The van der Waals surface area contributed by atoms with E-state index in [1.54, 1.807) is 22.7 Å². The number of rotatable bonds is 5. The van der Waals surface area contributed by atoms with Gasteiger partial charge >= 0.3 is 0 Å². The molecule has 21 heavy (non-hydrogen) atoms. The van der Waals surface area contributed by atoms with Crippen LogP contribution in [0.4, 0.5) is 5.13 Å². The lowest BCUT2D eigenvalue weighted by atomic mass is 9.91. The van der Waals surface area contributed by atoms with Crippen LogP contribution in [0.25, 0.3) is 0 Å². The fraction of sp³-hybridized carbons (Fsp3) is 0.562. The summed E-state index contributed by atoms with van der Waals surface area (Å²) in [5.41, 5.74) is 7.10. The number of hydrogen-bond donors (Lipinski definition) is 1. The summed E-state index contributed by atoms with van der Waals surface area (Å²) in [5, 5.41) is 3.21. The van der Waals surface area contributed by atoms with Gasteiger partial charge in [-0.05, 0) is 25.3 Å². The summed E-state index contributed by atoms with van der Waals surface area (Å²) in [6, 6.07) is 4.70. The first-order chi connectivity index (χ1) is 9.82. The highest BCUT2D eigenvalue weighted by molar-refractivity contribution is 7.15. The van der Waals surface area contributed by atoms with Crippen molar-refractivity contribution in [2.75, 3.05) is 4.90 Å². The highest BCUT2D eigenvalue weighted by atomic mass is 32.1. The second kappa shape index (κ2) is 6.46. The number of thiophene rings is 1. The smallest absolute Gasteiger partial charge is 0.186 e. The van der Waals surface area contributed by atoms with Crippen molar-refractivity contribution in [3.8, 4) is 0 Å². The van der Waals surface area contributed by atoms with Gasteiger partial charge in [-0.15, -0.1) is 22.7 Å². The first-order valence-corrected chi connectivity index (χ1v) is 9.01. The molecule has 0 saturated heterocycles. The fourth-order valence-electron chi connectivity index (χ4n) is 2.23. The molecule has 0 aliphatic carbocycles. The van der Waals surface area contributed by atoms with Gasteiger partial charge in [-0.1, -0.05) is 26.8 Å². The predicted molar refractivity (Wildman–Crippen MR) is 94.3 cm³/mol. The van der Waals surface area contributed by atoms with Gasteiger partial charge in [0, 0.05) is 27.8 Å². The molecular formula is C16H25N3S2. The van der Waals surface area contributed by atoms with Gasteiger partial charge in [-0.25, -0.2) is 4.98 Å². The monoisotopic (exact) mass is 323 g/mol. The van der Waals surface area contributed by atoms with Crippen molar-refractivity contribution in [3.05, 3.63) is 33.0 Å². The number of anilines is 1. The topological polar surface area (TPSA) is 42.2 Å². The van der Waals surface area contributed by atoms with Crippen molar-refractivity contribution in [2.24, 2.45) is 5.73 Å². The molecule has 0 unspecified atom stereocenters. The molecule has 2 aromatic heterocycles. The fourth-order valence-corrected chi connectivity index (χ4v) is 4.21. The molecule has 116 valence electrons. The third-order valence-corrected chi connectivity index (χ3v) is 5.33. The Morgan fingerprint density at radius 3 is 2.48 bits per heavy atom. The van der Waals surface area contributed by atoms with Gasteiger partial charge < -0.3 is 10.6 Å². The minimum atomic E-state index is 0.0367. The van der Waals surface area contributed by atoms with Crippen LogP contribution in [0.2, 0.25) is 0 Å². The van der Waals surface area contributed by atoms with E-state index >= 15 is 0 Å². The Hall–Kier alpha value is -0.910. The Kier molecular flexibility index (Phi) is 5.07. The summed E-state index contributed by atoms with van der Waals surface area (Å²) < 4.78 is 0. The molecule has 3 nitrogen and oxygen atoms in total. The lowest BCUT2D eigenvalue weighted by molar-refractivity contribution is 0.564. The molecule has 0 saturated carbocycles. The minimum absolute atomic E-state index is 0.0367. The Labute approximate surface area is 135 Å². The molecule has 2 aromatic rings. The van der Waals surface area contributed by atoms with E-state index in [-0.39, 0.29) is 5.41 Å². The van der Waals surface area contributed by atoms with Crippen LogP contribution in [0.3, 0.4) is 0 Å². The molecular weight excluding hydrogens is 298 g/mol. The maximum atomic E-state index is 5.93. The van der Waals surface area contributed by atoms with Crippen LogP contribution in [-0.4, -0.2) is 11.0 Å². The molecule has 5 heteroatoms. The van der Waals surface area contributed by atoms with E-state index in [9.17, 15) is 0 Å². The van der Waals surface area contributed by atoms with Crippen LogP contribution in [-0.2, 0) is 18.5 Å². The minimum Gasteiger partial charge on any atom is -0.341 e. The SMILES string of the molecule is CC(C)N(Cc1cccs1)c1nc(C(C)(C)C)c(CN)s1. The van der Waals surface area contributed by atoms with Gasteiger partial charge in [0.15, 0.2) is 5.13 Å². The highest BCUT2D eigenvalue weighted by Gasteiger charge is 2.25. The maximum absolute atomic E-state index is 5.93. The van der Waals surface area contributed by atoms with Crippen LogP contribution in [0.1, 0.15) is 50.1 Å². The average Bonchev–Trinajstić information content (AvgIpc) is 3.03. The second-order valence-electron chi connectivity index (χ2n) is 6.52. The predicted octanol–water partition coefficient (Wildman–Crippen LogP) is 4.38. The first kappa shape index (κ1) is 16.5. The van der Waals surface area contributed by atoms with Gasteiger partial charge in [0.1, 0.15) is 0 Å². The molecule has 0 atom stereocenters. The van der Waals surface area contributed by atoms with Gasteiger partial charge in [-0.3, -0.25) is 0 Å². The molecule has 0 aromatic carbocycles. The maximum Gasteiger partial charge on any atom is 0.186 e. The van der Waals surface area contributed by atoms with Crippen molar-refractivity contribution in [2.45, 2.75) is 59.2 Å². The zero-order valence-corrected chi connectivity index (χ0v) is 15.1. The van der Waals surface area contributed by atoms with Crippen molar-refractivity contribution in [3.63, 3.8) is 0 Å². The summed E-state index contributed by atoms with van der Waals surface area (Å²) in [6.45, 7) is 12.5. The van der Waals surface area contributed by atoms with Crippen molar-refractivity contribution in [1.82, 2.24) is 4.98 Å². The molecule has 0 amide bonds. The van der Waals surface area contributed by atoms with Crippen molar-refractivity contribution in [1.29, 1.82) is 0 Å². The number of nitrogens with zero attached hydrogens (tertiary/aromatic N) is 2. The Morgan fingerprint density at radius 2 is 2.05 bits per heavy atom. The van der Waals surface area contributed by atoms with Crippen LogP contribution >= 0.6 is 22.7 Å². The van der Waals surface area contributed by atoms with E-state index in [0.717, 1.165) is 17.4 Å². The summed E-state index contributed by atoms with van der Waals surface area (Å²) in [4.78, 5) is 9.86. The first-order valence-electron chi connectivity index (χ1n) is 7.32. The molecule has 0 radical (unpaired) electrons. The van der Waals surface area contributed by atoms with Crippen molar-refractivity contribution < 1.29 is 0 Å². The molecule has 2 N–H and O–H groups in total. The summed E-state index contributed by atoms with van der Waals surface area (Å²) in [7, 11) is 0. The highest BCUT2D eigenvalue weighted by Crippen LogP contribution is 2.35. The number of aromatic nitrogens is 1. The number of hydrogen-bond acceptors (Lipinski definition) is 5. The molecule has 0 fully saturated rings. The lowest BCUT2D eigenvalue weighted by Gasteiger charge is -2.25. The van der Waals surface area contributed by atoms with Crippen LogP contribution in [0, 0.1) is 0 Å². The molecule has 0 bridgehead atoms. The third kappa shape index (κ3) is 3.84. The number of thiazole rings is 1. The Balaban J connectivity index is 2.35. The molecule has 2 heterocycles. The van der Waals surface area contributed by atoms with Crippen LogP contribution in [0.15, 0.2) is 17.5 Å². The van der Waals surface area contributed by atoms with E-state index < -0.39 is 0 Å². The van der Waals surface area contributed by atoms with E-state index in [0.29, 0.717) is 12.6 Å². The van der Waals surface area contributed by atoms with Gasteiger partial charge in [-0.2, -0.15) is 0 Å². The summed E-state index contributed by atoms with van der Waals surface area (Å²) >= 11 is 3.54. The molecule has 0 aliphatic rings. The zero-order valence-electron chi connectivity index (χ0n) is 13.5. The normalized spacial score (nSPS) is 12.1. The van der Waals surface area contributed by atoms with Gasteiger partial charge in [0.05, 0.1) is 12.2 Å². The average molecular weight is 324 g/mol. The molecule has 0 aliphatic heterocycles. The van der Waals surface area contributed by atoms with E-state index in [2.05, 4.69) is 57.0 Å². The summed E-state index contributed by atoms with van der Waals surface area (Å²) in [6.07, 6.45) is 0. The molecule has 2 rings (SSSR count). The van der Waals surface area contributed by atoms with Crippen LogP contribution < -0.4 is 10.6 Å². The van der Waals surface area contributed by atoms with Crippen LogP contribution in [0.5, 0.6) is 0 Å². The Bertz CT molecular complexity index is 565.